The maximum Gasteiger partial charge on any atom is 0.270 e. The van der Waals surface area contributed by atoms with E-state index in [1.807, 2.05) is 37.4 Å². The molecule has 1 heterocycles. The molecule has 1 aromatic heterocycles. The maximum absolute atomic E-state index is 12.6. The summed E-state index contributed by atoms with van der Waals surface area (Å²) in [5.74, 6) is -0.457. The molecule has 1 N–H and O–H groups in total. The van der Waals surface area contributed by atoms with Crippen LogP contribution in [-0.4, -0.2) is 29.8 Å². The van der Waals surface area contributed by atoms with E-state index in [1.165, 1.54) is 11.3 Å². The van der Waals surface area contributed by atoms with Crippen molar-refractivity contribution in [3.05, 3.63) is 64.0 Å². The maximum atomic E-state index is 12.6. The number of hydrogen-bond donors (Lipinski definition) is 1. The van der Waals surface area contributed by atoms with Crippen LogP contribution in [0, 0.1) is 0 Å². The van der Waals surface area contributed by atoms with Gasteiger partial charge in [0.05, 0.1) is 0 Å². The number of hydrogen-bond acceptors (Lipinski definition) is 3. The summed E-state index contributed by atoms with van der Waals surface area (Å²) in [7, 11) is 0. The highest BCUT2D eigenvalue weighted by Crippen LogP contribution is 2.14. The Hall–Kier alpha value is -2.40. The molecular formula is C18H20N2O2S. The highest BCUT2D eigenvalue weighted by atomic mass is 32.1. The average molecular weight is 328 g/mol. The van der Waals surface area contributed by atoms with Crippen LogP contribution in [0.25, 0.3) is 6.08 Å². The van der Waals surface area contributed by atoms with E-state index in [2.05, 4.69) is 5.32 Å². The first-order valence-corrected chi connectivity index (χ1v) is 8.44. The van der Waals surface area contributed by atoms with Gasteiger partial charge in [-0.15, -0.1) is 11.3 Å². The topological polar surface area (TPSA) is 49.4 Å². The van der Waals surface area contributed by atoms with Gasteiger partial charge in [0.1, 0.15) is 5.70 Å². The van der Waals surface area contributed by atoms with Gasteiger partial charge in [0, 0.05) is 23.5 Å². The van der Waals surface area contributed by atoms with E-state index in [-0.39, 0.29) is 11.8 Å². The predicted octanol–water partition coefficient (Wildman–Crippen LogP) is 3.39. The van der Waals surface area contributed by atoms with Crippen molar-refractivity contribution < 1.29 is 9.59 Å². The largest absolute Gasteiger partial charge is 0.338 e. The fourth-order valence-corrected chi connectivity index (χ4v) is 2.79. The van der Waals surface area contributed by atoms with E-state index in [0.29, 0.717) is 24.4 Å². The molecule has 0 bridgehead atoms. The van der Waals surface area contributed by atoms with Crippen LogP contribution in [0.4, 0.5) is 0 Å². The van der Waals surface area contributed by atoms with Crippen molar-refractivity contribution in [2.45, 2.75) is 13.8 Å². The lowest BCUT2D eigenvalue weighted by Gasteiger charge is -2.20. The molecule has 0 atom stereocenters. The zero-order valence-electron chi connectivity index (χ0n) is 13.3. The molecular weight excluding hydrogens is 308 g/mol. The molecule has 0 aliphatic heterocycles. The van der Waals surface area contributed by atoms with Crippen LogP contribution in [0.15, 0.2) is 53.5 Å². The number of nitrogens with one attached hydrogen (secondary N) is 1. The normalized spacial score (nSPS) is 11.1. The Labute approximate surface area is 140 Å². The Balaban J connectivity index is 2.27. The number of amides is 2. The fraction of sp³-hybridized carbons (Fsp3) is 0.222. The second-order valence-electron chi connectivity index (χ2n) is 4.87. The van der Waals surface area contributed by atoms with E-state index in [0.717, 1.165) is 4.88 Å². The first-order valence-electron chi connectivity index (χ1n) is 7.56. The summed E-state index contributed by atoms with van der Waals surface area (Å²) in [5.41, 5.74) is 0.821. The average Bonchev–Trinajstić information content (AvgIpc) is 3.09. The third-order valence-electron chi connectivity index (χ3n) is 3.40. The highest BCUT2D eigenvalue weighted by molar-refractivity contribution is 7.10. The van der Waals surface area contributed by atoms with Gasteiger partial charge >= 0.3 is 0 Å². The van der Waals surface area contributed by atoms with Crippen molar-refractivity contribution in [1.82, 2.24) is 10.2 Å². The lowest BCUT2D eigenvalue weighted by molar-refractivity contribution is -0.127. The first-order chi connectivity index (χ1) is 11.2. The minimum absolute atomic E-state index is 0.173. The lowest BCUT2D eigenvalue weighted by atomic mass is 10.2. The molecule has 0 fully saturated rings. The summed E-state index contributed by atoms with van der Waals surface area (Å²) in [6, 6.07) is 12.7. The Bertz CT molecular complexity index is 674. The van der Waals surface area contributed by atoms with Crippen molar-refractivity contribution in [3.8, 4) is 0 Å². The van der Waals surface area contributed by atoms with Crippen LogP contribution in [0.2, 0.25) is 0 Å². The molecule has 2 aromatic rings. The third kappa shape index (κ3) is 4.53. The number of likely N-dealkylation sites (N-methyl/N-ethyl adjacent to an activating group) is 1. The number of carbonyl (C=O) groups is 2. The molecule has 5 heteroatoms. The third-order valence-corrected chi connectivity index (χ3v) is 4.21. The van der Waals surface area contributed by atoms with Crippen LogP contribution in [-0.2, 0) is 4.79 Å². The summed E-state index contributed by atoms with van der Waals surface area (Å²) in [4.78, 5) is 27.6. The summed E-state index contributed by atoms with van der Waals surface area (Å²) in [6.45, 7) is 5.03. The standard InChI is InChI=1S/C18H20N2O2S/c1-3-20(4-2)18(22)16(13-15-11-8-12-23-15)19-17(21)14-9-6-5-7-10-14/h5-13H,3-4H2,1-2H3,(H,19,21)/b16-13+. The molecule has 0 aliphatic rings. The molecule has 0 unspecified atom stereocenters. The van der Waals surface area contributed by atoms with Crippen molar-refractivity contribution >= 4 is 29.2 Å². The van der Waals surface area contributed by atoms with E-state index >= 15 is 0 Å². The monoisotopic (exact) mass is 328 g/mol. The zero-order valence-corrected chi connectivity index (χ0v) is 14.1. The molecule has 0 radical (unpaired) electrons. The smallest absolute Gasteiger partial charge is 0.270 e. The molecule has 0 aliphatic carbocycles. The molecule has 1 aromatic carbocycles. The zero-order chi connectivity index (χ0) is 16.7. The van der Waals surface area contributed by atoms with Gasteiger partial charge < -0.3 is 10.2 Å². The van der Waals surface area contributed by atoms with E-state index in [9.17, 15) is 9.59 Å². The van der Waals surface area contributed by atoms with Crippen molar-refractivity contribution in [3.63, 3.8) is 0 Å². The van der Waals surface area contributed by atoms with Gasteiger partial charge in [-0.25, -0.2) is 0 Å². The number of nitrogens with zero attached hydrogens (tertiary/aromatic N) is 1. The molecule has 23 heavy (non-hydrogen) atoms. The Morgan fingerprint density at radius 2 is 1.78 bits per heavy atom. The van der Waals surface area contributed by atoms with Crippen LogP contribution >= 0.6 is 11.3 Å². The van der Waals surface area contributed by atoms with Gasteiger partial charge in [-0.2, -0.15) is 0 Å². The molecule has 2 amide bonds. The second-order valence-corrected chi connectivity index (χ2v) is 5.85. The Kier molecular flexibility index (Phi) is 6.11. The van der Waals surface area contributed by atoms with Crippen molar-refractivity contribution in [2.24, 2.45) is 0 Å². The van der Waals surface area contributed by atoms with Gasteiger partial charge in [-0.3, -0.25) is 9.59 Å². The van der Waals surface area contributed by atoms with Crippen LogP contribution in [0.3, 0.4) is 0 Å². The number of thiophene rings is 1. The molecule has 0 saturated heterocycles. The van der Waals surface area contributed by atoms with E-state index in [1.54, 1.807) is 35.2 Å². The Morgan fingerprint density at radius 3 is 2.35 bits per heavy atom. The van der Waals surface area contributed by atoms with Crippen LogP contribution < -0.4 is 5.32 Å². The van der Waals surface area contributed by atoms with Gasteiger partial charge in [-0.1, -0.05) is 24.3 Å². The minimum atomic E-state index is -0.283. The Morgan fingerprint density at radius 1 is 1.09 bits per heavy atom. The molecule has 2 rings (SSSR count). The number of carbonyl (C=O) groups excluding carboxylic acids is 2. The van der Waals surface area contributed by atoms with Crippen molar-refractivity contribution in [2.75, 3.05) is 13.1 Å². The first kappa shape index (κ1) is 17.0. The van der Waals surface area contributed by atoms with Gasteiger partial charge in [0.15, 0.2) is 0 Å². The highest BCUT2D eigenvalue weighted by Gasteiger charge is 2.18. The summed E-state index contributed by atoms with van der Waals surface area (Å²) >= 11 is 1.52. The predicted molar refractivity (Wildman–Crippen MR) is 94.1 cm³/mol. The molecule has 120 valence electrons. The van der Waals surface area contributed by atoms with Crippen molar-refractivity contribution in [1.29, 1.82) is 0 Å². The van der Waals surface area contributed by atoms with Gasteiger partial charge in [0.25, 0.3) is 11.8 Å². The second kappa shape index (κ2) is 8.29. The SMILES string of the molecule is CCN(CC)C(=O)/C(=C\c1cccs1)NC(=O)c1ccccc1. The summed E-state index contributed by atoms with van der Waals surface area (Å²) in [5, 5.41) is 4.69. The summed E-state index contributed by atoms with van der Waals surface area (Å²) < 4.78 is 0. The summed E-state index contributed by atoms with van der Waals surface area (Å²) in [6.07, 6.45) is 1.73. The fourth-order valence-electron chi connectivity index (χ4n) is 2.13. The van der Waals surface area contributed by atoms with Crippen LogP contribution in [0.1, 0.15) is 29.1 Å². The van der Waals surface area contributed by atoms with E-state index < -0.39 is 0 Å². The van der Waals surface area contributed by atoms with Gasteiger partial charge in [0.2, 0.25) is 0 Å². The molecule has 0 saturated carbocycles. The van der Waals surface area contributed by atoms with Crippen LogP contribution in [0.5, 0.6) is 0 Å². The number of rotatable bonds is 6. The molecule has 4 nitrogen and oxygen atoms in total. The van der Waals surface area contributed by atoms with E-state index in [4.69, 9.17) is 0 Å². The lowest BCUT2D eigenvalue weighted by Crippen LogP contribution is -2.38. The number of benzene rings is 1. The minimum Gasteiger partial charge on any atom is -0.338 e. The van der Waals surface area contributed by atoms with Gasteiger partial charge in [-0.05, 0) is 43.5 Å². The quantitative estimate of drug-likeness (QED) is 0.826. The molecule has 0 spiro atoms.